The van der Waals surface area contributed by atoms with Gasteiger partial charge >= 0.3 is 7.12 Å². The third-order valence-corrected chi connectivity index (χ3v) is 2.90. The molecule has 0 aromatic heterocycles. The van der Waals surface area contributed by atoms with Crippen molar-refractivity contribution >= 4 is 18.8 Å². The van der Waals surface area contributed by atoms with Crippen LogP contribution in [-0.4, -0.2) is 18.4 Å². The number of rotatable bonds is 2. The van der Waals surface area contributed by atoms with Crippen molar-refractivity contribution < 1.29 is 14.5 Å². The average molecular weight is 264 g/mol. The summed E-state index contributed by atoms with van der Waals surface area (Å²) in [4.78, 5) is 0. The highest BCUT2D eigenvalue weighted by molar-refractivity contribution is 6.62. The lowest BCUT2D eigenvalue weighted by molar-refractivity contribution is 0.286. The van der Waals surface area contributed by atoms with Gasteiger partial charge in [0.1, 0.15) is 11.5 Å². The Bertz CT molecular complexity index is 707. The molecule has 2 aromatic rings. The standard InChI is InChI=1S/C14H9BN2O3/c16-8-10-1-3-12(4-2-10)19-13-5-6-14-11(7-13)9-17-20-15(14)18/h1-7,9,18H. The molecule has 2 aromatic carbocycles. The van der Waals surface area contributed by atoms with Crippen LogP contribution < -0.4 is 10.2 Å². The highest BCUT2D eigenvalue weighted by Gasteiger charge is 2.25. The van der Waals surface area contributed by atoms with E-state index in [9.17, 15) is 5.02 Å². The summed E-state index contributed by atoms with van der Waals surface area (Å²) < 4.78 is 10.4. The molecule has 0 saturated heterocycles. The SMILES string of the molecule is N#Cc1ccc(Oc2ccc3c(c2)C=NOB3O)cc1. The quantitative estimate of drug-likeness (QED) is 0.832. The topological polar surface area (TPSA) is 74.8 Å². The largest absolute Gasteiger partial charge is 0.583 e. The molecule has 5 nitrogen and oxygen atoms in total. The van der Waals surface area contributed by atoms with E-state index < -0.39 is 7.12 Å². The molecule has 96 valence electrons. The summed E-state index contributed by atoms with van der Waals surface area (Å²) in [6.07, 6.45) is 1.52. The van der Waals surface area contributed by atoms with Crippen molar-refractivity contribution in [2.24, 2.45) is 5.16 Å². The Morgan fingerprint density at radius 3 is 2.65 bits per heavy atom. The average Bonchev–Trinajstić information content (AvgIpc) is 2.48. The lowest BCUT2D eigenvalue weighted by atomic mass is 9.76. The Hall–Kier alpha value is -2.78. The molecule has 0 atom stereocenters. The number of benzene rings is 2. The molecule has 0 saturated carbocycles. The maximum Gasteiger partial charge on any atom is 0.583 e. The van der Waals surface area contributed by atoms with Crippen molar-refractivity contribution in [1.29, 1.82) is 5.26 Å². The van der Waals surface area contributed by atoms with Crippen molar-refractivity contribution in [3.63, 3.8) is 0 Å². The van der Waals surface area contributed by atoms with Crippen molar-refractivity contribution in [3.05, 3.63) is 53.6 Å². The van der Waals surface area contributed by atoms with Crippen LogP contribution in [0.25, 0.3) is 0 Å². The van der Waals surface area contributed by atoms with Gasteiger partial charge in [0.05, 0.1) is 17.8 Å². The van der Waals surface area contributed by atoms with E-state index in [0.29, 0.717) is 22.5 Å². The maximum atomic E-state index is 9.59. The highest BCUT2D eigenvalue weighted by Crippen LogP contribution is 2.22. The van der Waals surface area contributed by atoms with E-state index in [1.54, 1.807) is 42.5 Å². The molecule has 0 spiro atoms. The maximum absolute atomic E-state index is 9.59. The molecule has 0 unspecified atom stereocenters. The lowest BCUT2D eigenvalue weighted by Gasteiger charge is -2.14. The van der Waals surface area contributed by atoms with Crippen LogP contribution in [0.4, 0.5) is 0 Å². The fraction of sp³-hybridized carbons (Fsp3) is 0. The number of oxime groups is 1. The monoisotopic (exact) mass is 264 g/mol. The minimum absolute atomic E-state index is 0.579. The molecule has 0 amide bonds. The summed E-state index contributed by atoms with van der Waals surface area (Å²) in [5.41, 5.74) is 1.97. The third kappa shape index (κ3) is 2.35. The molecule has 1 aliphatic rings. The van der Waals surface area contributed by atoms with Crippen LogP contribution in [-0.2, 0) is 4.76 Å². The van der Waals surface area contributed by atoms with Crippen molar-refractivity contribution in [3.8, 4) is 17.6 Å². The third-order valence-electron chi connectivity index (χ3n) is 2.90. The van der Waals surface area contributed by atoms with Crippen LogP contribution in [0, 0.1) is 11.3 Å². The molecule has 1 heterocycles. The van der Waals surface area contributed by atoms with Crippen LogP contribution in [0.1, 0.15) is 11.1 Å². The zero-order valence-corrected chi connectivity index (χ0v) is 10.4. The molecule has 0 aliphatic carbocycles. The van der Waals surface area contributed by atoms with Gasteiger partial charge < -0.3 is 14.5 Å². The van der Waals surface area contributed by atoms with Gasteiger partial charge in [-0.2, -0.15) is 5.26 Å². The second-order valence-electron chi connectivity index (χ2n) is 4.22. The van der Waals surface area contributed by atoms with Gasteiger partial charge in [-0.15, -0.1) is 5.16 Å². The summed E-state index contributed by atoms with van der Waals surface area (Å²) in [5.74, 6) is 1.25. The summed E-state index contributed by atoms with van der Waals surface area (Å²) in [5, 5.41) is 21.9. The van der Waals surface area contributed by atoms with E-state index >= 15 is 0 Å². The molecular weight excluding hydrogens is 255 g/mol. The van der Waals surface area contributed by atoms with Crippen LogP contribution >= 0.6 is 0 Å². The van der Waals surface area contributed by atoms with E-state index in [1.807, 2.05) is 6.07 Å². The number of nitrogens with zero attached hydrogens (tertiary/aromatic N) is 2. The van der Waals surface area contributed by atoms with E-state index in [4.69, 9.17) is 14.8 Å². The Morgan fingerprint density at radius 2 is 1.90 bits per heavy atom. The van der Waals surface area contributed by atoms with Crippen LogP contribution in [0.5, 0.6) is 11.5 Å². The molecule has 20 heavy (non-hydrogen) atoms. The number of ether oxygens (including phenoxy) is 1. The van der Waals surface area contributed by atoms with E-state index in [2.05, 4.69) is 5.16 Å². The van der Waals surface area contributed by atoms with Crippen LogP contribution in [0.3, 0.4) is 0 Å². The first-order valence-electron chi connectivity index (χ1n) is 5.95. The Balaban J connectivity index is 1.85. The van der Waals surface area contributed by atoms with Crippen molar-refractivity contribution in [2.45, 2.75) is 0 Å². The van der Waals surface area contributed by atoms with Gasteiger partial charge in [-0.05, 0) is 36.4 Å². The fourth-order valence-corrected chi connectivity index (χ4v) is 1.89. The first kappa shape index (κ1) is 12.3. The first-order chi connectivity index (χ1) is 9.76. The number of hydrogen-bond donors (Lipinski definition) is 1. The molecular formula is C14H9BN2O3. The highest BCUT2D eigenvalue weighted by atomic mass is 16.6. The summed E-state index contributed by atoms with van der Waals surface area (Å²) in [7, 11) is -1.04. The van der Waals surface area contributed by atoms with Gasteiger partial charge in [0, 0.05) is 11.0 Å². The van der Waals surface area contributed by atoms with Crippen molar-refractivity contribution in [1.82, 2.24) is 0 Å². The Morgan fingerprint density at radius 1 is 1.15 bits per heavy atom. The number of nitriles is 1. The van der Waals surface area contributed by atoms with Crippen molar-refractivity contribution in [2.75, 3.05) is 0 Å². The fourth-order valence-electron chi connectivity index (χ4n) is 1.89. The van der Waals surface area contributed by atoms with Gasteiger partial charge in [-0.1, -0.05) is 6.07 Å². The lowest BCUT2D eigenvalue weighted by Crippen LogP contribution is -2.37. The number of hydrogen-bond acceptors (Lipinski definition) is 5. The van der Waals surface area contributed by atoms with Crippen LogP contribution in [0.15, 0.2) is 47.6 Å². The molecule has 0 bridgehead atoms. The van der Waals surface area contributed by atoms with Crippen LogP contribution in [0.2, 0.25) is 0 Å². The molecule has 1 aliphatic heterocycles. The predicted molar refractivity (Wildman–Crippen MR) is 74.0 cm³/mol. The minimum atomic E-state index is -1.04. The number of fused-ring (bicyclic) bond motifs is 1. The Kier molecular flexibility index (Phi) is 3.11. The summed E-state index contributed by atoms with van der Waals surface area (Å²) in [6.45, 7) is 0. The van der Waals surface area contributed by atoms with Gasteiger partial charge in [-0.3, -0.25) is 0 Å². The molecule has 1 N–H and O–H groups in total. The second kappa shape index (κ2) is 5.07. The molecule has 0 fully saturated rings. The van der Waals surface area contributed by atoms with E-state index in [-0.39, 0.29) is 0 Å². The Labute approximate surface area is 115 Å². The van der Waals surface area contributed by atoms with E-state index in [1.165, 1.54) is 6.21 Å². The second-order valence-corrected chi connectivity index (χ2v) is 4.22. The van der Waals surface area contributed by atoms with Gasteiger partial charge in [0.15, 0.2) is 0 Å². The molecule has 3 rings (SSSR count). The predicted octanol–water partition coefficient (Wildman–Crippen LogP) is 1.40. The molecule has 6 heteroatoms. The summed E-state index contributed by atoms with van der Waals surface area (Å²) >= 11 is 0. The van der Waals surface area contributed by atoms with E-state index in [0.717, 1.165) is 5.56 Å². The zero-order valence-electron chi connectivity index (χ0n) is 10.4. The van der Waals surface area contributed by atoms with Gasteiger partial charge in [0.25, 0.3) is 0 Å². The normalized spacial score (nSPS) is 12.3. The van der Waals surface area contributed by atoms with Gasteiger partial charge in [-0.25, -0.2) is 0 Å². The first-order valence-corrected chi connectivity index (χ1v) is 5.95. The smallest absolute Gasteiger partial charge is 0.457 e. The van der Waals surface area contributed by atoms with Gasteiger partial charge in [0.2, 0.25) is 0 Å². The zero-order chi connectivity index (χ0) is 13.9. The molecule has 0 radical (unpaired) electrons. The summed E-state index contributed by atoms with van der Waals surface area (Å²) in [6, 6.07) is 14.1. The minimum Gasteiger partial charge on any atom is -0.457 e.